The maximum Gasteiger partial charge on any atom is 0.251 e. The Labute approximate surface area is 115 Å². The number of benzene rings is 1. The lowest BCUT2D eigenvalue weighted by Gasteiger charge is -2.05. The van der Waals surface area contributed by atoms with E-state index in [4.69, 9.17) is 11.6 Å². The van der Waals surface area contributed by atoms with Gasteiger partial charge in [0.15, 0.2) is 0 Å². The molecule has 0 spiro atoms. The summed E-state index contributed by atoms with van der Waals surface area (Å²) in [5.41, 5.74) is 2.09. The molecule has 5 heteroatoms. The second-order valence-electron chi connectivity index (χ2n) is 4.10. The summed E-state index contributed by atoms with van der Waals surface area (Å²) in [6, 6.07) is 11.9. The van der Waals surface area contributed by atoms with Crippen LogP contribution < -0.4 is 0 Å². The van der Waals surface area contributed by atoms with Crippen molar-refractivity contribution in [2.45, 2.75) is 6.42 Å². The Kier molecular flexibility index (Phi) is 3.25. The van der Waals surface area contributed by atoms with E-state index < -0.39 is 0 Å². The zero-order chi connectivity index (χ0) is 13.1. The van der Waals surface area contributed by atoms with Crippen molar-refractivity contribution in [3.05, 3.63) is 71.3 Å². The van der Waals surface area contributed by atoms with Gasteiger partial charge in [-0.25, -0.2) is 9.67 Å². The largest absolute Gasteiger partial charge is 0.251 e. The molecule has 0 radical (unpaired) electrons. The summed E-state index contributed by atoms with van der Waals surface area (Å²) in [7, 11) is 0. The first-order valence-electron chi connectivity index (χ1n) is 5.88. The predicted octanol–water partition coefficient (Wildman–Crippen LogP) is 2.91. The van der Waals surface area contributed by atoms with Crippen LogP contribution in [-0.2, 0) is 6.42 Å². The third-order valence-corrected chi connectivity index (χ3v) is 3.07. The molecule has 2 heterocycles. The molecule has 0 aliphatic carbocycles. The highest BCUT2D eigenvalue weighted by atomic mass is 35.5. The van der Waals surface area contributed by atoms with Gasteiger partial charge in [-0.2, -0.15) is 10.1 Å². The van der Waals surface area contributed by atoms with Crippen molar-refractivity contribution in [1.82, 2.24) is 19.7 Å². The Morgan fingerprint density at radius 2 is 1.95 bits per heavy atom. The Bertz CT molecular complexity index is 665. The van der Waals surface area contributed by atoms with Gasteiger partial charge in [-0.05, 0) is 11.6 Å². The van der Waals surface area contributed by atoms with Crippen LogP contribution in [0.15, 0.2) is 55.0 Å². The summed E-state index contributed by atoms with van der Waals surface area (Å²) in [5, 5.41) is 4.54. The maximum absolute atomic E-state index is 6.20. The lowest BCUT2D eigenvalue weighted by molar-refractivity contribution is 0.803. The van der Waals surface area contributed by atoms with Crippen molar-refractivity contribution in [2.24, 2.45) is 0 Å². The van der Waals surface area contributed by atoms with E-state index in [1.807, 2.05) is 24.3 Å². The highest BCUT2D eigenvalue weighted by Gasteiger charge is 2.07. The average Bonchev–Trinajstić information content (AvgIpc) is 2.96. The van der Waals surface area contributed by atoms with Crippen molar-refractivity contribution in [2.75, 3.05) is 0 Å². The van der Waals surface area contributed by atoms with Crippen molar-refractivity contribution < 1.29 is 0 Å². The summed E-state index contributed by atoms with van der Waals surface area (Å²) in [6.45, 7) is 0. The number of halogens is 1. The van der Waals surface area contributed by atoms with E-state index in [1.165, 1.54) is 5.56 Å². The smallest absolute Gasteiger partial charge is 0.219 e. The summed E-state index contributed by atoms with van der Waals surface area (Å²) in [6.07, 6.45) is 5.93. The lowest BCUT2D eigenvalue weighted by atomic mass is 10.1. The van der Waals surface area contributed by atoms with Crippen molar-refractivity contribution in [3.63, 3.8) is 0 Å². The van der Waals surface area contributed by atoms with Crippen molar-refractivity contribution >= 4 is 11.6 Å². The number of hydrogen-bond donors (Lipinski definition) is 0. The molecule has 0 unspecified atom stereocenters. The lowest BCUT2D eigenvalue weighted by Crippen LogP contribution is -2.03. The molecule has 0 amide bonds. The SMILES string of the molecule is Clc1nc(-n2cccn2)ncc1Cc1ccccc1. The fraction of sp³-hybridized carbons (Fsp3) is 0.0714. The van der Waals surface area contributed by atoms with Crippen LogP contribution in [0, 0.1) is 0 Å². The number of aromatic nitrogens is 4. The molecule has 0 saturated carbocycles. The van der Waals surface area contributed by atoms with Gasteiger partial charge >= 0.3 is 0 Å². The fourth-order valence-corrected chi connectivity index (χ4v) is 2.00. The molecule has 0 fully saturated rings. The molecule has 0 aliphatic rings. The Balaban J connectivity index is 1.88. The molecular weight excluding hydrogens is 260 g/mol. The van der Waals surface area contributed by atoms with E-state index in [9.17, 15) is 0 Å². The summed E-state index contributed by atoms with van der Waals surface area (Å²) in [4.78, 5) is 8.55. The first kappa shape index (κ1) is 11.9. The number of rotatable bonds is 3. The van der Waals surface area contributed by atoms with Gasteiger partial charge in [-0.3, -0.25) is 0 Å². The topological polar surface area (TPSA) is 43.6 Å². The summed E-state index contributed by atoms with van der Waals surface area (Å²) in [5.74, 6) is 0.479. The van der Waals surface area contributed by atoms with E-state index in [2.05, 4.69) is 27.2 Å². The Hall–Kier alpha value is -2.20. The Morgan fingerprint density at radius 3 is 2.63 bits per heavy atom. The van der Waals surface area contributed by atoms with E-state index in [0.29, 0.717) is 11.1 Å². The van der Waals surface area contributed by atoms with Crippen LogP contribution in [-0.4, -0.2) is 19.7 Å². The van der Waals surface area contributed by atoms with Crippen LogP contribution in [0.5, 0.6) is 0 Å². The minimum Gasteiger partial charge on any atom is -0.219 e. The molecule has 3 rings (SSSR count). The van der Waals surface area contributed by atoms with Gasteiger partial charge in [0.2, 0.25) is 0 Å². The van der Waals surface area contributed by atoms with Gasteiger partial charge in [0.1, 0.15) is 5.15 Å². The standard InChI is InChI=1S/C14H11ClN4/c15-13-12(9-11-5-2-1-3-6-11)10-16-14(18-13)19-8-4-7-17-19/h1-8,10H,9H2. The van der Waals surface area contributed by atoms with Crippen LogP contribution in [0.25, 0.3) is 5.95 Å². The zero-order valence-corrected chi connectivity index (χ0v) is 10.8. The molecule has 3 aromatic rings. The second kappa shape index (κ2) is 5.20. The average molecular weight is 271 g/mol. The van der Waals surface area contributed by atoms with Crippen molar-refractivity contribution in [1.29, 1.82) is 0 Å². The maximum atomic E-state index is 6.20. The minimum absolute atomic E-state index is 0.462. The zero-order valence-electron chi connectivity index (χ0n) is 10.1. The molecule has 94 valence electrons. The van der Waals surface area contributed by atoms with Crippen molar-refractivity contribution in [3.8, 4) is 5.95 Å². The first-order valence-corrected chi connectivity index (χ1v) is 6.26. The fourth-order valence-electron chi connectivity index (χ4n) is 1.81. The third kappa shape index (κ3) is 2.63. The molecule has 2 aromatic heterocycles. The molecule has 0 aliphatic heterocycles. The Morgan fingerprint density at radius 1 is 1.11 bits per heavy atom. The van der Waals surface area contributed by atoms with E-state index in [1.54, 1.807) is 23.3 Å². The van der Waals surface area contributed by atoms with Crippen LogP contribution >= 0.6 is 11.6 Å². The van der Waals surface area contributed by atoms with Crippen LogP contribution in [0.1, 0.15) is 11.1 Å². The predicted molar refractivity (Wildman–Crippen MR) is 73.4 cm³/mol. The normalized spacial score (nSPS) is 10.6. The molecule has 0 N–H and O–H groups in total. The summed E-state index contributed by atoms with van der Waals surface area (Å²) >= 11 is 6.20. The van der Waals surface area contributed by atoms with Gasteiger partial charge in [-0.15, -0.1) is 0 Å². The van der Waals surface area contributed by atoms with Gasteiger partial charge in [0.25, 0.3) is 5.95 Å². The second-order valence-corrected chi connectivity index (χ2v) is 4.46. The van der Waals surface area contributed by atoms with Gasteiger partial charge in [0, 0.05) is 30.6 Å². The molecule has 19 heavy (non-hydrogen) atoms. The van der Waals surface area contributed by atoms with Gasteiger partial charge < -0.3 is 0 Å². The monoisotopic (exact) mass is 270 g/mol. The third-order valence-electron chi connectivity index (χ3n) is 2.75. The van der Waals surface area contributed by atoms with Crippen LogP contribution in [0.2, 0.25) is 5.15 Å². The molecule has 0 saturated heterocycles. The van der Waals surface area contributed by atoms with E-state index in [-0.39, 0.29) is 0 Å². The number of hydrogen-bond acceptors (Lipinski definition) is 3. The van der Waals surface area contributed by atoms with Gasteiger partial charge in [0.05, 0.1) is 0 Å². The van der Waals surface area contributed by atoms with Crippen LogP contribution in [0.4, 0.5) is 0 Å². The molecular formula is C14H11ClN4. The molecule has 1 aromatic carbocycles. The molecule has 0 atom stereocenters. The highest BCUT2D eigenvalue weighted by molar-refractivity contribution is 6.30. The van der Waals surface area contributed by atoms with Crippen LogP contribution in [0.3, 0.4) is 0 Å². The highest BCUT2D eigenvalue weighted by Crippen LogP contribution is 2.17. The summed E-state index contributed by atoms with van der Waals surface area (Å²) < 4.78 is 1.58. The quantitative estimate of drug-likeness (QED) is 0.688. The van der Waals surface area contributed by atoms with E-state index >= 15 is 0 Å². The number of nitrogens with zero attached hydrogens (tertiary/aromatic N) is 4. The van der Waals surface area contributed by atoms with Gasteiger partial charge in [-0.1, -0.05) is 41.9 Å². The first-order chi connectivity index (χ1) is 9.33. The minimum atomic E-state index is 0.462. The molecule has 4 nitrogen and oxygen atoms in total. The van der Waals surface area contributed by atoms with E-state index in [0.717, 1.165) is 12.0 Å². The molecule has 0 bridgehead atoms.